The predicted octanol–water partition coefficient (Wildman–Crippen LogP) is 2.53. The third-order valence-electron chi connectivity index (χ3n) is 4.90. The lowest BCUT2D eigenvalue weighted by Gasteiger charge is -2.35. The second-order valence-corrected chi connectivity index (χ2v) is 7.23. The standard InChI is InChI=1S/C19H22F3N5O2/c1-12(2)17(28)25-6-8-26(9-7-25)18(29)15-11-24-27(13(15)3)16-5-4-14(10-23-16)19(20,21)22/h4-5,10-12H,6-9H2,1-3H3. The second kappa shape index (κ2) is 7.84. The fourth-order valence-electron chi connectivity index (χ4n) is 3.19. The number of pyridine rings is 1. The molecule has 2 aromatic heterocycles. The van der Waals surface area contributed by atoms with E-state index in [1.165, 1.54) is 16.9 Å². The van der Waals surface area contributed by atoms with Crippen molar-refractivity contribution in [3.63, 3.8) is 0 Å². The van der Waals surface area contributed by atoms with E-state index >= 15 is 0 Å². The number of piperazine rings is 1. The maximum atomic E-state index is 12.9. The monoisotopic (exact) mass is 409 g/mol. The maximum Gasteiger partial charge on any atom is 0.417 e. The van der Waals surface area contributed by atoms with Gasteiger partial charge in [-0.15, -0.1) is 0 Å². The summed E-state index contributed by atoms with van der Waals surface area (Å²) >= 11 is 0. The van der Waals surface area contributed by atoms with E-state index < -0.39 is 11.7 Å². The van der Waals surface area contributed by atoms with Crippen molar-refractivity contribution in [2.45, 2.75) is 26.9 Å². The van der Waals surface area contributed by atoms with Crippen LogP contribution < -0.4 is 0 Å². The number of alkyl halides is 3. The highest BCUT2D eigenvalue weighted by Gasteiger charge is 2.31. The quantitative estimate of drug-likeness (QED) is 0.781. The maximum absolute atomic E-state index is 12.9. The molecular weight excluding hydrogens is 387 g/mol. The SMILES string of the molecule is Cc1c(C(=O)N2CCN(C(=O)C(C)C)CC2)cnn1-c1ccc(C(F)(F)F)cn1. The van der Waals surface area contributed by atoms with Crippen LogP contribution in [0.5, 0.6) is 0 Å². The number of aromatic nitrogens is 3. The lowest BCUT2D eigenvalue weighted by Crippen LogP contribution is -2.51. The first-order valence-electron chi connectivity index (χ1n) is 9.26. The van der Waals surface area contributed by atoms with Crippen LogP contribution in [-0.4, -0.2) is 62.6 Å². The van der Waals surface area contributed by atoms with Crippen LogP contribution in [-0.2, 0) is 11.0 Å². The Bertz CT molecular complexity index is 898. The highest BCUT2D eigenvalue weighted by Crippen LogP contribution is 2.29. The van der Waals surface area contributed by atoms with Gasteiger partial charge < -0.3 is 9.80 Å². The Morgan fingerprint density at radius 3 is 2.17 bits per heavy atom. The van der Waals surface area contributed by atoms with Gasteiger partial charge in [0.05, 0.1) is 23.0 Å². The zero-order valence-electron chi connectivity index (χ0n) is 16.4. The average Bonchev–Trinajstić information content (AvgIpc) is 3.07. The van der Waals surface area contributed by atoms with Gasteiger partial charge in [-0.1, -0.05) is 13.8 Å². The smallest absolute Gasteiger partial charge is 0.339 e. The summed E-state index contributed by atoms with van der Waals surface area (Å²) in [4.78, 5) is 32.2. The molecular formula is C19H22F3N5O2. The van der Waals surface area contributed by atoms with Gasteiger partial charge in [0.1, 0.15) is 0 Å². The molecule has 3 heterocycles. The zero-order chi connectivity index (χ0) is 21.3. The zero-order valence-corrected chi connectivity index (χ0v) is 16.4. The van der Waals surface area contributed by atoms with E-state index in [4.69, 9.17) is 0 Å². The molecule has 1 aliphatic heterocycles. The van der Waals surface area contributed by atoms with E-state index in [0.29, 0.717) is 37.4 Å². The molecule has 1 fully saturated rings. The lowest BCUT2D eigenvalue weighted by atomic mass is 10.1. The van der Waals surface area contributed by atoms with E-state index in [2.05, 4.69) is 10.1 Å². The minimum atomic E-state index is -4.47. The fraction of sp³-hybridized carbons (Fsp3) is 0.474. The van der Waals surface area contributed by atoms with Crippen LogP contribution in [0.4, 0.5) is 13.2 Å². The minimum Gasteiger partial charge on any atom is -0.339 e. The number of hydrogen-bond acceptors (Lipinski definition) is 4. The molecule has 3 rings (SSSR count). The summed E-state index contributed by atoms with van der Waals surface area (Å²) in [6.07, 6.45) is -2.34. The second-order valence-electron chi connectivity index (χ2n) is 7.23. The third kappa shape index (κ3) is 4.25. The van der Waals surface area contributed by atoms with Crippen LogP contribution in [0, 0.1) is 12.8 Å². The number of carbonyl (C=O) groups excluding carboxylic acids is 2. The lowest BCUT2D eigenvalue weighted by molar-refractivity contribution is -0.138. The number of nitrogens with zero attached hydrogens (tertiary/aromatic N) is 5. The number of halogens is 3. The van der Waals surface area contributed by atoms with Crippen molar-refractivity contribution in [3.8, 4) is 5.82 Å². The third-order valence-corrected chi connectivity index (χ3v) is 4.90. The summed E-state index contributed by atoms with van der Waals surface area (Å²) in [5.41, 5.74) is -0.00514. The normalized spacial score (nSPS) is 15.1. The van der Waals surface area contributed by atoms with Crippen molar-refractivity contribution < 1.29 is 22.8 Å². The number of amides is 2. The van der Waals surface area contributed by atoms with E-state index in [-0.39, 0.29) is 23.6 Å². The van der Waals surface area contributed by atoms with Gasteiger partial charge >= 0.3 is 6.18 Å². The van der Waals surface area contributed by atoms with E-state index in [0.717, 1.165) is 12.3 Å². The topological polar surface area (TPSA) is 71.3 Å². The molecule has 29 heavy (non-hydrogen) atoms. The summed E-state index contributed by atoms with van der Waals surface area (Å²) in [5.74, 6) is -0.0531. The van der Waals surface area contributed by atoms with Crippen LogP contribution in [0.3, 0.4) is 0 Å². The van der Waals surface area contributed by atoms with Gasteiger partial charge in [-0.25, -0.2) is 9.67 Å². The first-order valence-corrected chi connectivity index (χ1v) is 9.26. The molecule has 2 aromatic rings. The molecule has 0 N–H and O–H groups in total. The molecule has 10 heteroatoms. The van der Waals surface area contributed by atoms with Crippen molar-refractivity contribution in [2.24, 2.45) is 5.92 Å². The summed E-state index contributed by atoms with van der Waals surface area (Å²) in [6.45, 7) is 7.12. The number of hydrogen-bond donors (Lipinski definition) is 0. The molecule has 0 aromatic carbocycles. The summed E-state index contributed by atoms with van der Waals surface area (Å²) in [6, 6.07) is 2.14. The van der Waals surface area contributed by atoms with Crippen molar-refractivity contribution in [3.05, 3.63) is 41.3 Å². The largest absolute Gasteiger partial charge is 0.417 e. The Balaban J connectivity index is 1.73. The van der Waals surface area contributed by atoms with Crippen LogP contribution in [0.1, 0.15) is 35.5 Å². The first kappa shape index (κ1) is 20.8. The van der Waals surface area contributed by atoms with Gasteiger partial charge in [0, 0.05) is 38.3 Å². The molecule has 2 amide bonds. The summed E-state index contributed by atoms with van der Waals surface area (Å²) in [7, 11) is 0. The van der Waals surface area contributed by atoms with E-state index in [1.807, 2.05) is 13.8 Å². The van der Waals surface area contributed by atoms with Crippen LogP contribution in [0.2, 0.25) is 0 Å². The van der Waals surface area contributed by atoms with Crippen LogP contribution >= 0.6 is 0 Å². The Kier molecular flexibility index (Phi) is 5.63. The van der Waals surface area contributed by atoms with Crippen molar-refractivity contribution in [2.75, 3.05) is 26.2 Å². The summed E-state index contributed by atoms with van der Waals surface area (Å²) in [5, 5.41) is 4.12. The Hall–Kier alpha value is -2.91. The molecule has 0 saturated carbocycles. The Morgan fingerprint density at radius 1 is 1.03 bits per heavy atom. The van der Waals surface area contributed by atoms with Gasteiger partial charge in [0.2, 0.25) is 5.91 Å². The van der Waals surface area contributed by atoms with Gasteiger partial charge in [-0.3, -0.25) is 9.59 Å². The number of rotatable bonds is 3. The van der Waals surface area contributed by atoms with Gasteiger partial charge in [-0.05, 0) is 19.1 Å². The molecule has 0 spiro atoms. The molecule has 0 unspecified atom stereocenters. The average molecular weight is 409 g/mol. The number of carbonyl (C=O) groups is 2. The van der Waals surface area contributed by atoms with Crippen molar-refractivity contribution in [1.29, 1.82) is 0 Å². The minimum absolute atomic E-state index is 0.0643. The first-order chi connectivity index (χ1) is 13.6. The fourth-order valence-corrected chi connectivity index (χ4v) is 3.19. The molecule has 7 nitrogen and oxygen atoms in total. The van der Waals surface area contributed by atoms with Gasteiger partial charge in [0.15, 0.2) is 5.82 Å². The van der Waals surface area contributed by atoms with Crippen molar-refractivity contribution in [1.82, 2.24) is 24.6 Å². The van der Waals surface area contributed by atoms with E-state index in [9.17, 15) is 22.8 Å². The molecule has 0 atom stereocenters. The van der Waals surface area contributed by atoms with Crippen molar-refractivity contribution >= 4 is 11.8 Å². The Labute approximate surface area is 166 Å². The molecule has 0 aliphatic carbocycles. The molecule has 0 bridgehead atoms. The highest BCUT2D eigenvalue weighted by molar-refractivity contribution is 5.95. The van der Waals surface area contributed by atoms with Gasteiger partial charge in [-0.2, -0.15) is 18.3 Å². The highest BCUT2D eigenvalue weighted by atomic mass is 19.4. The molecule has 1 aliphatic rings. The van der Waals surface area contributed by atoms with Gasteiger partial charge in [0.25, 0.3) is 5.91 Å². The van der Waals surface area contributed by atoms with Crippen LogP contribution in [0.15, 0.2) is 24.5 Å². The Morgan fingerprint density at radius 2 is 1.66 bits per heavy atom. The molecule has 156 valence electrons. The molecule has 1 saturated heterocycles. The molecule has 0 radical (unpaired) electrons. The van der Waals surface area contributed by atoms with Crippen LogP contribution in [0.25, 0.3) is 5.82 Å². The summed E-state index contributed by atoms with van der Waals surface area (Å²) < 4.78 is 39.4. The van der Waals surface area contributed by atoms with E-state index in [1.54, 1.807) is 16.7 Å². The predicted molar refractivity (Wildman–Crippen MR) is 98.4 cm³/mol.